The molecule has 0 radical (unpaired) electrons. The molecule has 0 bridgehead atoms. The second kappa shape index (κ2) is 6.17. The number of thiophene rings is 1. The van der Waals surface area contributed by atoms with E-state index in [0.29, 0.717) is 22.4 Å². The van der Waals surface area contributed by atoms with E-state index in [0.717, 1.165) is 29.9 Å². The first-order valence-electron chi connectivity index (χ1n) is 7.67. The van der Waals surface area contributed by atoms with E-state index in [-0.39, 0.29) is 21.4 Å². The number of hydrogen-bond acceptors (Lipinski definition) is 8. The number of H-pyrrole nitrogens is 1. The number of primary sulfonamides is 1. The third kappa shape index (κ3) is 3.43. The van der Waals surface area contributed by atoms with Gasteiger partial charge in [-0.15, -0.1) is 11.3 Å². The highest BCUT2D eigenvalue weighted by molar-refractivity contribution is 7.91. The van der Waals surface area contributed by atoms with E-state index in [9.17, 15) is 13.7 Å². The van der Waals surface area contributed by atoms with Crippen LogP contribution in [-0.2, 0) is 10.0 Å². The van der Waals surface area contributed by atoms with E-state index in [2.05, 4.69) is 25.5 Å². The van der Waals surface area contributed by atoms with Crippen molar-refractivity contribution in [3.8, 4) is 16.8 Å². The summed E-state index contributed by atoms with van der Waals surface area (Å²) < 4.78 is 22.9. The van der Waals surface area contributed by atoms with Crippen molar-refractivity contribution in [3.05, 3.63) is 35.7 Å². The van der Waals surface area contributed by atoms with Crippen LogP contribution in [0.4, 0.5) is 11.6 Å². The summed E-state index contributed by atoms with van der Waals surface area (Å²) in [4.78, 5) is 8.99. The van der Waals surface area contributed by atoms with E-state index in [1.165, 1.54) is 12.1 Å². The molecule has 1 aliphatic carbocycles. The molecule has 0 aromatic carbocycles. The molecule has 0 saturated heterocycles. The van der Waals surface area contributed by atoms with Crippen molar-refractivity contribution in [1.82, 2.24) is 20.2 Å². The number of sulfonamides is 1. The first kappa shape index (κ1) is 16.6. The normalized spacial score (nSPS) is 14.2. The topological polar surface area (TPSA) is 150 Å². The first-order valence-corrected chi connectivity index (χ1v) is 10.0. The highest BCUT2D eigenvalue weighted by Gasteiger charge is 2.25. The van der Waals surface area contributed by atoms with E-state index >= 15 is 0 Å². The van der Waals surface area contributed by atoms with Gasteiger partial charge in [0.2, 0.25) is 10.0 Å². The van der Waals surface area contributed by atoms with Crippen molar-refractivity contribution in [2.45, 2.75) is 23.0 Å². The molecule has 9 nitrogen and oxygen atoms in total. The molecular formula is C15H21N7O2S2. The van der Waals surface area contributed by atoms with E-state index < -0.39 is 10.0 Å². The summed E-state index contributed by atoms with van der Waals surface area (Å²) in [5.41, 5.74) is 1.22. The molecule has 140 valence electrons. The van der Waals surface area contributed by atoms with Crippen molar-refractivity contribution in [1.29, 1.82) is 5.26 Å². The maximum Gasteiger partial charge on any atom is 0.247 e. The molecule has 1 saturated carbocycles. The number of hydrogen-bond donors (Lipinski definition) is 3. The first-order chi connectivity index (χ1) is 12.4. The summed E-state index contributed by atoms with van der Waals surface area (Å²) in [6.07, 6.45) is 2.31. The Balaban J connectivity index is 0.00000210. The van der Waals surface area contributed by atoms with Crippen molar-refractivity contribution in [2.24, 2.45) is 5.14 Å². The maximum atomic E-state index is 11.4. The van der Waals surface area contributed by atoms with Gasteiger partial charge in [-0.05, 0) is 25.0 Å². The van der Waals surface area contributed by atoms with E-state index in [1.807, 2.05) is 12.1 Å². The molecule has 1 fully saturated rings. The van der Waals surface area contributed by atoms with Gasteiger partial charge < -0.3 is 5.32 Å². The molecular weight excluding hydrogens is 374 g/mol. The number of nitrogens with zero attached hydrogens (tertiary/aromatic N) is 4. The maximum absolute atomic E-state index is 11.4. The summed E-state index contributed by atoms with van der Waals surface area (Å²) in [5, 5.41) is 24.6. The third-order valence-corrected chi connectivity index (χ3v) is 6.31. The zero-order valence-electron chi connectivity index (χ0n) is 13.3. The predicted octanol–water partition coefficient (Wildman–Crippen LogP) is 3.05. The SMILES string of the molecule is N#Cc1cc(Nc2cc(C3CC3)[nH]n2)nc(-c2ccc(S(N)(=O)=O)s2)n1.[HH].[HH].[HH].[HH]. The number of nitriles is 1. The Morgan fingerprint density at radius 2 is 2.12 bits per heavy atom. The van der Waals surface area contributed by atoms with Gasteiger partial charge in [-0.3, -0.25) is 5.10 Å². The zero-order chi connectivity index (χ0) is 18.3. The molecule has 3 heterocycles. The van der Waals surface area contributed by atoms with Gasteiger partial charge in [-0.2, -0.15) is 10.4 Å². The summed E-state index contributed by atoms with van der Waals surface area (Å²) in [7, 11) is -3.80. The lowest BCUT2D eigenvalue weighted by molar-refractivity contribution is 0.600. The van der Waals surface area contributed by atoms with Gasteiger partial charge in [0, 0.05) is 29.5 Å². The van der Waals surface area contributed by atoms with Crippen LogP contribution >= 0.6 is 11.3 Å². The molecule has 0 unspecified atom stereocenters. The predicted molar refractivity (Wildman–Crippen MR) is 104 cm³/mol. The molecule has 26 heavy (non-hydrogen) atoms. The lowest BCUT2D eigenvalue weighted by atomic mass is 10.3. The minimum Gasteiger partial charge on any atom is -0.323 e. The zero-order valence-corrected chi connectivity index (χ0v) is 14.9. The molecule has 11 heteroatoms. The van der Waals surface area contributed by atoms with Crippen LogP contribution in [0.25, 0.3) is 10.7 Å². The van der Waals surface area contributed by atoms with Crippen molar-refractivity contribution in [2.75, 3.05) is 5.32 Å². The standard InChI is InChI=1S/C15H13N7O2S2.4H2/c16-7-9-5-12(19-13-6-10(21-22-13)8-1-2-8)20-15(18-9)11-3-4-14(25-11)26(17,23)24;;;;/h3-6,8H,1-2H2,(H2,17,23,24)(H2,18,19,20,21,22);4*1H. The second-order valence-corrected chi connectivity index (χ2v) is 8.72. The molecule has 1 aliphatic rings. The van der Waals surface area contributed by atoms with Crippen molar-refractivity contribution < 1.29 is 14.1 Å². The van der Waals surface area contributed by atoms with Gasteiger partial charge >= 0.3 is 0 Å². The smallest absolute Gasteiger partial charge is 0.247 e. The van der Waals surface area contributed by atoms with E-state index in [4.69, 9.17) is 5.14 Å². The monoisotopic (exact) mass is 395 g/mol. The minimum absolute atomic E-state index is 0. The summed E-state index contributed by atoms with van der Waals surface area (Å²) in [6.45, 7) is 0. The highest BCUT2D eigenvalue weighted by atomic mass is 32.2. The summed E-state index contributed by atoms with van der Waals surface area (Å²) in [5.74, 6) is 1.77. The minimum atomic E-state index is -3.80. The van der Waals surface area contributed by atoms with Crippen LogP contribution < -0.4 is 10.5 Å². The Morgan fingerprint density at radius 1 is 1.31 bits per heavy atom. The van der Waals surface area contributed by atoms with E-state index in [1.54, 1.807) is 6.07 Å². The van der Waals surface area contributed by atoms with Gasteiger partial charge in [0.25, 0.3) is 0 Å². The van der Waals surface area contributed by atoms with Crippen LogP contribution in [0.2, 0.25) is 0 Å². The average molecular weight is 396 g/mol. The Labute approximate surface area is 158 Å². The van der Waals surface area contributed by atoms with Crippen LogP contribution in [0.3, 0.4) is 0 Å². The average Bonchev–Trinajstić information content (AvgIpc) is 3.13. The fourth-order valence-corrected chi connectivity index (χ4v) is 4.07. The fourth-order valence-electron chi connectivity index (χ4n) is 2.41. The van der Waals surface area contributed by atoms with Gasteiger partial charge in [-0.1, -0.05) is 0 Å². The molecule has 0 spiro atoms. The van der Waals surface area contributed by atoms with Crippen LogP contribution in [0, 0.1) is 11.3 Å². The van der Waals surface area contributed by atoms with Crippen molar-refractivity contribution >= 4 is 33.0 Å². The summed E-state index contributed by atoms with van der Waals surface area (Å²) in [6, 6.07) is 8.34. The quantitative estimate of drug-likeness (QED) is 0.600. The Morgan fingerprint density at radius 3 is 2.77 bits per heavy atom. The van der Waals surface area contributed by atoms with Gasteiger partial charge in [0.15, 0.2) is 11.6 Å². The number of aromatic nitrogens is 4. The molecule has 0 aliphatic heterocycles. The van der Waals surface area contributed by atoms with Crippen LogP contribution in [-0.4, -0.2) is 28.6 Å². The lowest BCUT2D eigenvalue weighted by Crippen LogP contribution is -2.09. The fraction of sp³-hybridized carbons (Fsp3) is 0.200. The molecule has 4 N–H and O–H groups in total. The highest BCUT2D eigenvalue weighted by Crippen LogP contribution is 2.39. The Hall–Kier alpha value is -2.81. The number of nitrogens with two attached hydrogens (primary N) is 1. The summed E-state index contributed by atoms with van der Waals surface area (Å²) >= 11 is 0.946. The van der Waals surface area contributed by atoms with Gasteiger partial charge in [0.05, 0.1) is 4.88 Å². The largest absolute Gasteiger partial charge is 0.323 e. The number of anilines is 2. The van der Waals surface area contributed by atoms with Crippen LogP contribution in [0.1, 0.15) is 35.9 Å². The Kier molecular flexibility index (Phi) is 3.95. The van der Waals surface area contributed by atoms with Crippen LogP contribution in [0.15, 0.2) is 28.5 Å². The molecule has 0 atom stereocenters. The second-order valence-electron chi connectivity index (χ2n) is 5.85. The van der Waals surface area contributed by atoms with Gasteiger partial charge in [-0.25, -0.2) is 23.5 Å². The number of nitrogens with one attached hydrogen (secondary N) is 2. The lowest BCUT2D eigenvalue weighted by Gasteiger charge is -2.04. The van der Waals surface area contributed by atoms with Crippen LogP contribution in [0.5, 0.6) is 0 Å². The molecule has 3 aromatic heterocycles. The number of aromatic amines is 1. The third-order valence-electron chi connectivity index (χ3n) is 3.79. The van der Waals surface area contributed by atoms with Crippen molar-refractivity contribution in [3.63, 3.8) is 0 Å². The molecule has 4 rings (SSSR count). The Bertz CT molecular complexity index is 1140. The molecule has 3 aromatic rings. The number of rotatable bonds is 5. The molecule has 0 amide bonds. The van der Waals surface area contributed by atoms with Gasteiger partial charge in [0.1, 0.15) is 21.8 Å².